The maximum atomic E-state index is 12.8. The zero-order chi connectivity index (χ0) is 19.6. The molecular formula is C17H28N6O3S. The summed E-state index contributed by atoms with van der Waals surface area (Å²) in [5.74, 6) is 1.72. The molecule has 0 saturated carbocycles. The minimum atomic E-state index is -3.16. The fourth-order valence-electron chi connectivity index (χ4n) is 3.57. The Morgan fingerprint density at radius 3 is 2.15 bits per heavy atom. The van der Waals surface area contributed by atoms with E-state index in [0.29, 0.717) is 39.0 Å². The zero-order valence-corrected chi connectivity index (χ0v) is 17.0. The first-order valence-corrected chi connectivity index (χ1v) is 11.1. The lowest BCUT2D eigenvalue weighted by Crippen LogP contribution is -2.52. The maximum Gasteiger partial charge on any atom is 0.225 e. The molecule has 3 heterocycles. The molecule has 1 amide bonds. The zero-order valence-electron chi connectivity index (χ0n) is 16.2. The van der Waals surface area contributed by atoms with Gasteiger partial charge in [0, 0.05) is 59.3 Å². The summed E-state index contributed by atoms with van der Waals surface area (Å²) in [6, 6.07) is 3.90. The minimum Gasteiger partial charge on any atom is -0.361 e. The average Bonchev–Trinajstić information content (AvgIpc) is 2.67. The highest BCUT2D eigenvalue weighted by Gasteiger charge is 2.32. The number of nitrogens with zero attached hydrogens (tertiary/aromatic N) is 6. The van der Waals surface area contributed by atoms with Crippen LogP contribution in [0.2, 0.25) is 0 Å². The largest absolute Gasteiger partial charge is 0.361 e. The Morgan fingerprint density at radius 1 is 1.04 bits per heavy atom. The van der Waals surface area contributed by atoms with Gasteiger partial charge in [-0.3, -0.25) is 4.79 Å². The summed E-state index contributed by atoms with van der Waals surface area (Å²) >= 11 is 0. The number of aromatic nitrogens is 2. The number of rotatable bonds is 4. The second-order valence-electron chi connectivity index (χ2n) is 7.39. The van der Waals surface area contributed by atoms with Crippen LogP contribution in [0.4, 0.5) is 11.6 Å². The van der Waals surface area contributed by atoms with Gasteiger partial charge in [0.05, 0.1) is 6.26 Å². The van der Waals surface area contributed by atoms with Crippen molar-refractivity contribution in [2.75, 3.05) is 69.4 Å². The fourth-order valence-corrected chi connectivity index (χ4v) is 4.45. The van der Waals surface area contributed by atoms with Gasteiger partial charge in [0.1, 0.15) is 0 Å². The molecule has 27 heavy (non-hydrogen) atoms. The molecule has 0 aliphatic carbocycles. The van der Waals surface area contributed by atoms with Crippen LogP contribution in [0.1, 0.15) is 12.8 Å². The molecule has 2 fully saturated rings. The van der Waals surface area contributed by atoms with E-state index in [9.17, 15) is 13.2 Å². The van der Waals surface area contributed by atoms with Gasteiger partial charge in [0.2, 0.25) is 15.9 Å². The predicted molar refractivity (Wildman–Crippen MR) is 104 cm³/mol. The van der Waals surface area contributed by atoms with Crippen molar-refractivity contribution >= 4 is 27.6 Å². The van der Waals surface area contributed by atoms with E-state index in [2.05, 4.69) is 15.1 Å². The summed E-state index contributed by atoms with van der Waals surface area (Å²) in [6.07, 6.45) is 2.43. The molecule has 1 aromatic rings. The van der Waals surface area contributed by atoms with Gasteiger partial charge in [0.15, 0.2) is 11.6 Å². The van der Waals surface area contributed by atoms with Gasteiger partial charge in [0.25, 0.3) is 0 Å². The molecule has 0 spiro atoms. The van der Waals surface area contributed by atoms with Crippen molar-refractivity contribution in [3.05, 3.63) is 12.1 Å². The normalized spacial score (nSPS) is 20.0. The standard InChI is InChI=1S/C17H28N6O3S/c1-20(2)15-4-5-16(19-18-15)21-10-12-22(13-11-21)17(24)14-6-8-23(9-7-14)27(3,25)26/h4-5,14H,6-13H2,1-3H3. The Labute approximate surface area is 161 Å². The van der Waals surface area contributed by atoms with Gasteiger partial charge in [-0.25, -0.2) is 12.7 Å². The summed E-state index contributed by atoms with van der Waals surface area (Å²) in [5.41, 5.74) is 0. The monoisotopic (exact) mass is 396 g/mol. The Hall–Kier alpha value is -1.94. The molecule has 0 atom stereocenters. The van der Waals surface area contributed by atoms with Gasteiger partial charge in [-0.05, 0) is 25.0 Å². The molecular weight excluding hydrogens is 368 g/mol. The van der Waals surface area contributed by atoms with Crippen molar-refractivity contribution in [1.29, 1.82) is 0 Å². The van der Waals surface area contributed by atoms with Gasteiger partial charge in [-0.2, -0.15) is 0 Å². The predicted octanol–water partition coefficient (Wildman–Crippen LogP) is -0.137. The molecule has 0 unspecified atom stereocenters. The van der Waals surface area contributed by atoms with E-state index in [1.165, 1.54) is 10.6 Å². The number of carbonyl (C=O) groups is 1. The van der Waals surface area contributed by atoms with Crippen LogP contribution in [-0.2, 0) is 14.8 Å². The highest BCUT2D eigenvalue weighted by atomic mass is 32.2. The van der Waals surface area contributed by atoms with Crippen molar-refractivity contribution in [1.82, 2.24) is 19.4 Å². The van der Waals surface area contributed by atoms with Crippen molar-refractivity contribution < 1.29 is 13.2 Å². The number of hydrogen-bond donors (Lipinski definition) is 0. The maximum absolute atomic E-state index is 12.8. The molecule has 2 saturated heterocycles. The molecule has 0 aromatic carbocycles. The number of amides is 1. The smallest absolute Gasteiger partial charge is 0.225 e. The summed E-state index contributed by atoms with van der Waals surface area (Å²) in [6.45, 7) is 3.63. The van der Waals surface area contributed by atoms with Gasteiger partial charge in [-0.1, -0.05) is 0 Å². The number of carbonyl (C=O) groups excluding carboxylic acids is 1. The van der Waals surface area contributed by atoms with Crippen molar-refractivity contribution in [3.8, 4) is 0 Å². The Balaban J connectivity index is 1.51. The summed E-state index contributed by atoms with van der Waals surface area (Å²) in [5, 5.41) is 8.49. The molecule has 150 valence electrons. The summed E-state index contributed by atoms with van der Waals surface area (Å²) < 4.78 is 24.7. The van der Waals surface area contributed by atoms with E-state index in [1.54, 1.807) is 0 Å². The number of hydrogen-bond acceptors (Lipinski definition) is 7. The average molecular weight is 397 g/mol. The van der Waals surface area contributed by atoms with Crippen LogP contribution in [0.25, 0.3) is 0 Å². The third-order valence-electron chi connectivity index (χ3n) is 5.28. The first-order valence-electron chi connectivity index (χ1n) is 9.25. The van der Waals surface area contributed by atoms with Crippen LogP contribution < -0.4 is 9.80 Å². The third-order valence-corrected chi connectivity index (χ3v) is 6.59. The van der Waals surface area contributed by atoms with Crippen LogP contribution in [-0.4, -0.2) is 93.3 Å². The SMILES string of the molecule is CN(C)c1ccc(N2CCN(C(=O)C3CCN(S(C)(=O)=O)CC3)CC2)nn1. The second kappa shape index (κ2) is 7.97. The molecule has 10 heteroatoms. The molecule has 3 rings (SSSR count). The minimum absolute atomic E-state index is 0.0753. The Kier molecular flexibility index (Phi) is 5.85. The molecule has 1 aromatic heterocycles. The molecule has 2 aliphatic rings. The van der Waals surface area contributed by atoms with E-state index < -0.39 is 10.0 Å². The summed E-state index contributed by atoms with van der Waals surface area (Å²) in [7, 11) is 0.690. The molecule has 2 aliphatic heterocycles. The molecule has 9 nitrogen and oxygen atoms in total. The lowest BCUT2D eigenvalue weighted by molar-refractivity contribution is -0.137. The van der Waals surface area contributed by atoms with Crippen LogP contribution >= 0.6 is 0 Å². The van der Waals surface area contributed by atoms with Crippen LogP contribution in [0.15, 0.2) is 12.1 Å². The first-order chi connectivity index (χ1) is 12.8. The van der Waals surface area contributed by atoms with E-state index in [4.69, 9.17) is 0 Å². The Morgan fingerprint density at radius 2 is 1.67 bits per heavy atom. The van der Waals surface area contributed by atoms with E-state index in [-0.39, 0.29) is 11.8 Å². The van der Waals surface area contributed by atoms with Crippen LogP contribution in [0.5, 0.6) is 0 Å². The van der Waals surface area contributed by atoms with Crippen molar-refractivity contribution in [2.24, 2.45) is 5.92 Å². The van der Waals surface area contributed by atoms with E-state index >= 15 is 0 Å². The fraction of sp³-hybridized carbons (Fsp3) is 0.706. The number of anilines is 2. The third kappa shape index (κ3) is 4.67. The number of sulfonamides is 1. The molecule has 0 radical (unpaired) electrons. The van der Waals surface area contributed by atoms with Crippen molar-refractivity contribution in [3.63, 3.8) is 0 Å². The first kappa shape index (κ1) is 19.8. The molecule has 0 bridgehead atoms. The van der Waals surface area contributed by atoms with E-state index in [0.717, 1.165) is 24.7 Å². The van der Waals surface area contributed by atoms with Gasteiger partial charge in [-0.15, -0.1) is 10.2 Å². The quantitative estimate of drug-likeness (QED) is 0.700. The van der Waals surface area contributed by atoms with Crippen LogP contribution in [0, 0.1) is 5.92 Å². The summed E-state index contributed by atoms with van der Waals surface area (Å²) in [4.78, 5) is 18.7. The number of piperazine rings is 1. The Bertz CT molecular complexity index is 751. The second-order valence-corrected chi connectivity index (χ2v) is 9.38. The van der Waals surface area contributed by atoms with Gasteiger partial charge >= 0.3 is 0 Å². The lowest BCUT2D eigenvalue weighted by atomic mass is 9.96. The molecule has 0 N–H and O–H groups in total. The highest BCUT2D eigenvalue weighted by Crippen LogP contribution is 2.23. The topological polar surface area (TPSA) is 90.0 Å². The van der Waals surface area contributed by atoms with E-state index in [1.807, 2.05) is 36.0 Å². The van der Waals surface area contributed by atoms with Crippen LogP contribution in [0.3, 0.4) is 0 Å². The number of piperidine rings is 1. The van der Waals surface area contributed by atoms with Crippen molar-refractivity contribution in [2.45, 2.75) is 12.8 Å². The highest BCUT2D eigenvalue weighted by molar-refractivity contribution is 7.88. The lowest BCUT2D eigenvalue weighted by Gasteiger charge is -2.38. The van der Waals surface area contributed by atoms with Gasteiger partial charge < -0.3 is 14.7 Å².